The third kappa shape index (κ3) is 3.92. The number of hydrogen-bond donors (Lipinski definition) is 1. The summed E-state index contributed by atoms with van der Waals surface area (Å²) in [6, 6.07) is 0. The van der Waals surface area contributed by atoms with Crippen molar-refractivity contribution in [3.8, 4) is 0 Å². The molecule has 0 aliphatic carbocycles. The summed E-state index contributed by atoms with van der Waals surface area (Å²) in [6.07, 6.45) is 2.58. The first-order valence-corrected chi connectivity index (χ1v) is 7.56. The Bertz CT molecular complexity index is 383. The quantitative estimate of drug-likeness (QED) is 0.914. The van der Waals surface area contributed by atoms with Crippen molar-refractivity contribution in [1.82, 2.24) is 15.5 Å². The standard InChI is InChI=1S/C13H24N4S/c1-10-15-16-12(18-10)17-7-5-6-11(9-17)8-14-13(2,3)4/h11,14H,5-9H2,1-4H3. The number of rotatable bonds is 3. The SMILES string of the molecule is Cc1nnc(N2CCCC(CNC(C)(C)C)C2)s1. The van der Waals surface area contributed by atoms with E-state index in [1.807, 2.05) is 6.92 Å². The fourth-order valence-electron chi connectivity index (χ4n) is 2.27. The van der Waals surface area contributed by atoms with Crippen LogP contribution >= 0.6 is 11.3 Å². The minimum Gasteiger partial charge on any atom is -0.346 e. The summed E-state index contributed by atoms with van der Waals surface area (Å²) in [4.78, 5) is 2.39. The minimum atomic E-state index is 0.210. The molecule has 0 spiro atoms. The molecule has 0 aromatic carbocycles. The highest BCUT2D eigenvalue weighted by molar-refractivity contribution is 7.15. The first kappa shape index (κ1) is 13.7. The van der Waals surface area contributed by atoms with Crippen molar-refractivity contribution in [2.45, 2.75) is 46.1 Å². The Balaban J connectivity index is 1.88. The Kier molecular flexibility index (Phi) is 4.22. The van der Waals surface area contributed by atoms with Crippen molar-refractivity contribution in [2.75, 3.05) is 24.5 Å². The summed E-state index contributed by atoms with van der Waals surface area (Å²) in [5, 5.41) is 14.1. The fraction of sp³-hybridized carbons (Fsp3) is 0.846. The van der Waals surface area contributed by atoms with Gasteiger partial charge in [-0.3, -0.25) is 0 Å². The van der Waals surface area contributed by atoms with Gasteiger partial charge in [-0.25, -0.2) is 0 Å². The largest absolute Gasteiger partial charge is 0.346 e. The van der Waals surface area contributed by atoms with Gasteiger partial charge in [0, 0.05) is 25.2 Å². The van der Waals surface area contributed by atoms with Gasteiger partial charge in [-0.1, -0.05) is 11.3 Å². The normalized spacial score (nSPS) is 21.3. The van der Waals surface area contributed by atoms with Crippen LogP contribution in [0.4, 0.5) is 5.13 Å². The molecule has 0 radical (unpaired) electrons. The van der Waals surface area contributed by atoms with E-state index in [-0.39, 0.29) is 5.54 Å². The molecule has 0 amide bonds. The Morgan fingerprint density at radius 3 is 2.78 bits per heavy atom. The maximum Gasteiger partial charge on any atom is 0.208 e. The molecule has 0 saturated carbocycles. The summed E-state index contributed by atoms with van der Waals surface area (Å²) >= 11 is 1.70. The molecule has 1 aliphatic rings. The number of piperidine rings is 1. The molecule has 18 heavy (non-hydrogen) atoms. The molecular weight excluding hydrogens is 244 g/mol. The van der Waals surface area contributed by atoms with Gasteiger partial charge in [-0.15, -0.1) is 10.2 Å². The maximum atomic E-state index is 4.26. The lowest BCUT2D eigenvalue weighted by Gasteiger charge is -2.34. The zero-order valence-electron chi connectivity index (χ0n) is 11.9. The number of anilines is 1. The molecule has 1 unspecified atom stereocenters. The van der Waals surface area contributed by atoms with Gasteiger partial charge in [0.2, 0.25) is 5.13 Å². The van der Waals surface area contributed by atoms with Crippen LogP contribution in [0.2, 0.25) is 0 Å². The highest BCUT2D eigenvalue weighted by atomic mass is 32.1. The first-order valence-electron chi connectivity index (χ1n) is 6.74. The van der Waals surface area contributed by atoms with E-state index >= 15 is 0 Å². The van der Waals surface area contributed by atoms with Gasteiger partial charge in [0.05, 0.1) is 0 Å². The van der Waals surface area contributed by atoms with Gasteiger partial charge in [0.1, 0.15) is 5.01 Å². The van der Waals surface area contributed by atoms with Crippen LogP contribution in [0.5, 0.6) is 0 Å². The van der Waals surface area contributed by atoms with Crippen molar-refractivity contribution >= 4 is 16.5 Å². The maximum absolute atomic E-state index is 4.26. The molecule has 1 aliphatic heterocycles. The van der Waals surface area contributed by atoms with Crippen LogP contribution in [0.1, 0.15) is 38.6 Å². The zero-order chi connectivity index (χ0) is 13.2. The molecule has 2 heterocycles. The monoisotopic (exact) mass is 268 g/mol. The van der Waals surface area contributed by atoms with Crippen LogP contribution in [-0.4, -0.2) is 35.4 Å². The zero-order valence-corrected chi connectivity index (χ0v) is 12.7. The first-order chi connectivity index (χ1) is 8.44. The second-order valence-corrected chi connectivity index (χ2v) is 7.35. The van der Waals surface area contributed by atoms with E-state index in [2.05, 4.69) is 41.2 Å². The van der Waals surface area contributed by atoms with Gasteiger partial charge < -0.3 is 10.2 Å². The van der Waals surface area contributed by atoms with Crippen molar-refractivity contribution < 1.29 is 0 Å². The van der Waals surface area contributed by atoms with E-state index in [0.29, 0.717) is 0 Å². The van der Waals surface area contributed by atoms with Gasteiger partial charge >= 0.3 is 0 Å². The lowest BCUT2D eigenvalue weighted by molar-refractivity contribution is 0.335. The smallest absolute Gasteiger partial charge is 0.208 e. The predicted octanol–water partition coefficient (Wildman–Crippen LogP) is 2.45. The molecule has 102 valence electrons. The molecule has 1 fully saturated rings. The Morgan fingerprint density at radius 2 is 2.17 bits per heavy atom. The van der Waals surface area contributed by atoms with Gasteiger partial charge in [-0.2, -0.15) is 0 Å². The highest BCUT2D eigenvalue weighted by Crippen LogP contribution is 2.25. The van der Waals surface area contributed by atoms with Crippen molar-refractivity contribution in [2.24, 2.45) is 5.92 Å². The number of hydrogen-bond acceptors (Lipinski definition) is 5. The van der Waals surface area contributed by atoms with E-state index in [9.17, 15) is 0 Å². The fourth-order valence-corrected chi connectivity index (χ4v) is 2.99. The Hall–Kier alpha value is -0.680. The Morgan fingerprint density at radius 1 is 1.39 bits per heavy atom. The summed E-state index contributed by atoms with van der Waals surface area (Å²) in [5.74, 6) is 0.724. The van der Waals surface area contributed by atoms with Crippen LogP contribution in [0, 0.1) is 12.8 Å². The average molecular weight is 268 g/mol. The number of aromatic nitrogens is 2. The summed E-state index contributed by atoms with van der Waals surface area (Å²) in [7, 11) is 0. The van der Waals surface area contributed by atoms with Crippen LogP contribution in [0.15, 0.2) is 0 Å². The van der Waals surface area contributed by atoms with Crippen LogP contribution < -0.4 is 10.2 Å². The summed E-state index contributed by atoms with van der Waals surface area (Å²) in [5.41, 5.74) is 0.210. The molecular formula is C13H24N4S. The molecule has 1 aromatic rings. The van der Waals surface area contributed by atoms with Crippen LogP contribution in [-0.2, 0) is 0 Å². The third-order valence-corrected chi connectivity index (χ3v) is 4.13. The molecule has 5 heteroatoms. The second kappa shape index (κ2) is 5.53. The molecule has 1 atom stereocenters. The van der Waals surface area contributed by atoms with E-state index in [4.69, 9.17) is 0 Å². The van der Waals surface area contributed by atoms with Crippen molar-refractivity contribution in [1.29, 1.82) is 0 Å². The lowest BCUT2D eigenvalue weighted by atomic mass is 9.97. The molecule has 2 rings (SSSR count). The topological polar surface area (TPSA) is 41.1 Å². The summed E-state index contributed by atoms with van der Waals surface area (Å²) < 4.78 is 0. The average Bonchev–Trinajstić information content (AvgIpc) is 2.73. The van der Waals surface area contributed by atoms with E-state index in [1.54, 1.807) is 11.3 Å². The number of nitrogens with one attached hydrogen (secondary N) is 1. The van der Waals surface area contributed by atoms with E-state index in [1.165, 1.54) is 12.8 Å². The molecule has 1 saturated heterocycles. The van der Waals surface area contributed by atoms with Crippen LogP contribution in [0.25, 0.3) is 0 Å². The van der Waals surface area contributed by atoms with Crippen molar-refractivity contribution in [3.05, 3.63) is 5.01 Å². The van der Waals surface area contributed by atoms with E-state index in [0.717, 1.165) is 35.7 Å². The Labute approximate surface area is 114 Å². The van der Waals surface area contributed by atoms with Gasteiger partial charge in [0.25, 0.3) is 0 Å². The lowest BCUT2D eigenvalue weighted by Crippen LogP contribution is -2.44. The van der Waals surface area contributed by atoms with E-state index < -0.39 is 0 Å². The molecule has 1 N–H and O–H groups in total. The molecule has 0 bridgehead atoms. The minimum absolute atomic E-state index is 0.210. The number of aryl methyl sites for hydroxylation is 1. The third-order valence-electron chi connectivity index (χ3n) is 3.23. The van der Waals surface area contributed by atoms with Crippen LogP contribution in [0.3, 0.4) is 0 Å². The second-order valence-electron chi connectivity index (χ2n) is 6.19. The number of nitrogens with zero attached hydrogens (tertiary/aromatic N) is 3. The van der Waals surface area contributed by atoms with Gasteiger partial charge in [-0.05, 0) is 46.5 Å². The summed E-state index contributed by atoms with van der Waals surface area (Å²) in [6.45, 7) is 12.0. The van der Waals surface area contributed by atoms with Crippen molar-refractivity contribution in [3.63, 3.8) is 0 Å². The molecule has 4 nitrogen and oxygen atoms in total. The highest BCUT2D eigenvalue weighted by Gasteiger charge is 2.23. The van der Waals surface area contributed by atoms with Gasteiger partial charge in [0.15, 0.2) is 0 Å². The predicted molar refractivity (Wildman–Crippen MR) is 77.3 cm³/mol. The molecule has 1 aromatic heterocycles.